The molecule has 0 saturated heterocycles. The lowest BCUT2D eigenvalue weighted by Gasteiger charge is -2.11. The second kappa shape index (κ2) is 6.09. The van der Waals surface area contributed by atoms with Crippen molar-refractivity contribution in [2.45, 2.75) is 26.3 Å². The zero-order valence-electron chi connectivity index (χ0n) is 11.2. The number of nitrogens with two attached hydrogens (primary N) is 1. The molecule has 2 rings (SSSR count). The zero-order valence-corrected chi connectivity index (χ0v) is 11.9. The smallest absolute Gasteiger partial charge is 0.130 e. The van der Waals surface area contributed by atoms with Gasteiger partial charge in [0.15, 0.2) is 0 Å². The predicted octanol–water partition coefficient (Wildman–Crippen LogP) is 4.33. The van der Waals surface area contributed by atoms with E-state index < -0.39 is 0 Å². The van der Waals surface area contributed by atoms with E-state index >= 15 is 0 Å². The monoisotopic (exact) mass is 275 g/mol. The van der Waals surface area contributed by atoms with Crippen LogP contribution >= 0.6 is 11.6 Å². The second-order valence-corrected chi connectivity index (χ2v) is 5.28. The fraction of sp³-hybridized carbons (Fsp3) is 0.250. The standard InChI is InChI=1S/C16H18ClNO/c1-11-8-13(9-12(2)18)6-7-16(11)19-15-5-3-4-14(17)10-15/h3-8,10,12H,9,18H2,1-2H3. The Balaban J connectivity index is 2.17. The van der Waals surface area contributed by atoms with Crippen LogP contribution < -0.4 is 10.5 Å². The molecule has 2 aromatic rings. The molecular formula is C16H18ClNO. The Labute approximate surface area is 119 Å². The molecule has 2 nitrogen and oxygen atoms in total. The van der Waals surface area contributed by atoms with E-state index in [9.17, 15) is 0 Å². The molecule has 0 saturated carbocycles. The summed E-state index contributed by atoms with van der Waals surface area (Å²) in [5.74, 6) is 1.59. The minimum Gasteiger partial charge on any atom is -0.457 e. The van der Waals surface area contributed by atoms with Gasteiger partial charge in [-0.2, -0.15) is 0 Å². The molecule has 0 aliphatic heterocycles. The summed E-state index contributed by atoms with van der Waals surface area (Å²) in [5, 5.41) is 0.670. The first kappa shape index (κ1) is 13.9. The molecule has 0 spiro atoms. The highest BCUT2D eigenvalue weighted by Crippen LogP contribution is 2.27. The first-order valence-electron chi connectivity index (χ1n) is 6.33. The number of benzene rings is 2. The van der Waals surface area contributed by atoms with Crippen LogP contribution in [0.4, 0.5) is 0 Å². The van der Waals surface area contributed by atoms with E-state index in [0.29, 0.717) is 5.02 Å². The molecule has 0 aromatic heterocycles. The third kappa shape index (κ3) is 3.98. The fourth-order valence-electron chi connectivity index (χ4n) is 1.98. The van der Waals surface area contributed by atoms with Crippen molar-refractivity contribution in [1.29, 1.82) is 0 Å². The summed E-state index contributed by atoms with van der Waals surface area (Å²) in [6.45, 7) is 4.04. The maximum atomic E-state index is 5.94. The highest BCUT2D eigenvalue weighted by molar-refractivity contribution is 6.30. The summed E-state index contributed by atoms with van der Waals surface area (Å²) in [7, 11) is 0. The van der Waals surface area contributed by atoms with Gasteiger partial charge in [0.1, 0.15) is 11.5 Å². The van der Waals surface area contributed by atoms with Crippen molar-refractivity contribution >= 4 is 11.6 Å². The molecule has 0 amide bonds. The van der Waals surface area contributed by atoms with Gasteiger partial charge in [0.25, 0.3) is 0 Å². The number of hydrogen-bond donors (Lipinski definition) is 1. The van der Waals surface area contributed by atoms with E-state index in [1.165, 1.54) is 5.56 Å². The molecule has 0 aliphatic rings. The maximum Gasteiger partial charge on any atom is 0.130 e. The molecule has 0 bridgehead atoms. The maximum absolute atomic E-state index is 5.94. The van der Waals surface area contributed by atoms with E-state index in [-0.39, 0.29) is 6.04 Å². The molecule has 0 heterocycles. The first-order chi connectivity index (χ1) is 9.04. The topological polar surface area (TPSA) is 35.2 Å². The summed E-state index contributed by atoms with van der Waals surface area (Å²) < 4.78 is 5.83. The molecule has 1 atom stereocenters. The normalized spacial score (nSPS) is 12.2. The van der Waals surface area contributed by atoms with Gasteiger partial charge in [0, 0.05) is 11.1 Å². The van der Waals surface area contributed by atoms with Gasteiger partial charge in [0.05, 0.1) is 0 Å². The van der Waals surface area contributed by atoms with E-state index in [4.69, 9.17) is 22.1 Å². The summed E-state index contributed by atoms with van der Waals surface area (Å²) in [6, 6.07) is 13.7. The lowest BCUT2D eigenvalue weighted by atomic mass is 10.0. The number of halogens is 1. The third-order valence-electron chi connectivity index (χ3n) is 2.82. The first-order valence-corrected chi connectivity index (χ1v) is 6.71. The summed E-state index contributed by atoms with van der Waals surface area (Å²) >= 11 is 5.94. The summed E-state index contributed by atoms with van der Waals surface area (Å²) in [5.41, 5.74) is 8.13. The highest BCUT2D eigenvalue weighted by Gasteiger charge is 2.05. The van der Waals surface area contributed by atoms with Gasteiger partial charge in [0.2, 0.25) is 0 Å². The molecule has 19 heavy (non-hydrogen) atoms. The molecule has 100 valence electrons. The van der Waals surface area contributed by atoms with Crippen molar-refractivity contribution in [3.63, 3.8) is 0 Å². The SMILES string of the molecule is Cc1cc(CC(C)N)ccc1Oc1cccc(Cl)c1. The Morgan fingerprint density at radius 1 is 1.21 bits per heavy atom. The van der Waals surface area contributed by atoms with Gasteiger partial charge >= 0.3 is 0 Å². The van der Waals surface area contributed by atoms with Crippen molar-refractivity contribution < 1.29 is 4.74 Å². The summed E-state index contributed by atoms with van der Waals surface area (Å²) in [4.78, 5) is 0. The minimum absolute atomic E-state index is 0.166. The van der Waals surface area contributed by atoms with Crippen LogP contribution in [0.1, 0.15) is 18.1 Å². The molecule has 1 unspecified atom stereocenters. The largest absolute Gasteiger partial charge is 0.457 e. The lowest BCUT2D eigenvalue weighted by Crippen LogP contribution is -2.17. The molecule has 0 fully saturated rings. The third-order valence-corrected chi connectivity index (χ3v) is 3.06. The highest BCUT2D eigenvalue weighted by atomic mass is 35.5. The van der Waals surface area contributed by atoms with Crippen LogP contribution in [0.25, 0.3) is 0 Å². The number of hydrogen-bond acceptors (Lipinski definition) is 2. The summed E-state index contributed by atoms with van der Waals surface area (Å²) in [6.07, 6.45) is 0.873. The van der Waals surface area contributed by atoms with Crippen LogP contribution in [0.15, 0.2) is 42.5 Å². The second-order valence-electron chi connectivity index (χ2n) is 4.84. The van der Waals surface area contributed by atoms with Crippen molar-refractivity contribution in [1.82, 2.24) is 0 Å². The van der Waals surface area contributed by atoms with Crippen molar-refractivity contribution in [2.75, 3.05) is 0 Å². The average Bonchev–Trinajstić information content (AvgIpc) is 2.32. The van der Waals surface area contributed by atoms with Gasteiger partial charge < -0.3 is 10.5 Å². The van der Waals surface area contributed by atoms with Crippen molar-refractivity contribution in [3.8, 4) is 11.5 Å². The number of rotatable bonds is 4. The molecule has 0 aliphatic carbocycles. The molecular weight excluding hydrogens is 258 g/mol. The Morgan fingerprint density at radius 3 is 2.63 bits per heavy atom. The Kier molecular flexibility index (Phi) is 4.46. The van der Waals surface area contributed by atoms with E-state index in [2.05, 4.69) is 12.1 Å². The van der Waals surface area contributed by atoms with Crippen molar-refractivity contribution in [3.05, 3.63) is 58.6 Å². The van der Waals surface area contributed by atoms with E-state index in [0.717, 1.165) is 23.5 Å². The van der Waals surface area contributed by atoms with Crippen LogP contribution in [0.5, 0.6) is 11.5 Å². The van der Waals surface area contributed by atoms with Crippen molar-refractivity contribution in [2.24, 2.45) is 5.73 Å². The van der Waals surface area contributed by atoms with Gasteiger partial charge in [-0.15, -0.1) is 0 Å². The fourth-order valence-corrected chi connectivity index (χ4v) is 2.16. The quantitative estimate of drug-likeness (QED) is 0.901. The van der Waals surface area contributed by atoms with E-state index in [1.807, 2.05) is 38.1 Å². The lowest BCUT2D eigenvalue weighted by molar-refractivity contribution is 0.478. The van der Waals surface area contributed by atoms with E-state index in [1.54, 1.807) is 6.07 Å². The molecule has 0 radical (unpaired) electrons. The Hall–Kier alpha value is -1.51. The molecule has 2 N–H and O–H groups in total. The molecule has 2 aromatic carbocycles. The zero-order chi connectivity index (χ0) is 13.8. The van der Waals surface area contributed by atoms with Gasteiger partial charge in [-0.1, -0.05) is 29.8 Å². The minimum atomic E-state index is 0.166. The molecule has 3 heteroatoms. The number of aryl methyl sites for hydroxylation is 1. The van der Waals surface area contributed by atoms with Gasteiger partial charge in [-0.05, 0) is 55.7 Å². The van der Waals surface area contributed by atoms with Crippen LogP contribution in [0.3, 0.4) is 0 Å². The Morgan fingerprint density at radius 2 is 2.00 bits per heavy atom. The number of ether oxygens (including phenoxy) is 1. The van der Waals surface area contributed by atoms with Crippen LogP contribution in [0, 0.1) is 6.92 Å². The van der Waals surface area contributed by atoms with Crippen LogP contribution in [-0.2, 0) is 6.42 Å². The van der Waals surface area contributed by atoms with Gasteiger partial charge in [-0.25, -0.2) is 0 Å². The average molecular weight is 276 g/mol. The van der Waals surface area contributed by atoms with Gasteiger partial charge in [-0.3, -0.25) is 0 Å². The van der Waals surface area contributed by atoms with Crippen LogP contribution in [0.2, 0.25) is 5.02 Å². The Bertz CT molecular complexity index is 566. The predicted molar refractivity (Wildman–Crippen MR) is 80.1 cm³/mol. The van der Waals surface area contributed by atoms with Crippen LogP contribution in [-0.4, -0.2) is 6.04 Å².